The molecule has 1 aromatic rings. The predicted molar refractivity (Wildman–Crippen MR) is 69.5 cm³/mol. The molecule has 0 heterocycles. The van der Waals surface area contributed by atoms with Crippen molar-refractivity contribution >= 4 is 21.7 Å². The Hall–Kier alpha value is -1.03. The fourth-order valence-electron chi connectivity index (χ4n) is 2.16. The summed E-state index contributed by atoms with van der Waals surface area (Å²) in [4.78, 5) is 12.1. The summed E-state index contributed by atoms with van der Waals surface area (Å²) in [7, 11) is 3.21. The summed E-state index contributed by atoms with van der Waals surface area (Å²) in [6, 6.07) is 3.64. The number of rotatable bonds is 2. The molecule has 2 rings (SSSR count). The molecule has 0 N–H and O–H groups in total. The smallest absolute Gasteiger partial charge is 0.177 e. The van der Waals surface area contributed by atoms with E-state index in [-0.39, 0.29) is 10.6 Å². The number of hydrogen-bond acceptors (Lipinski definition) is 3. The lowest BCUT2D eigenvalue weighted by Crippen LogP contribution is -2.13. The molecule has 17 heavy (non-hydrogen) atoms. The summed E-state index contributed by atoms with van der Waals surface area (Å²) >= 11 is 3.44. The molecule has 92 valence electrons. The number of carbonyl (C=O) groups is 1. The van der Waals surface area contributed by atoms with Crippen molar-refractivity contribution in [3.05, 3.63) is 23.3 Å². The molecule has 0 saturated heterocycles. The Labute approximate surface area is 109 Å². The number of alkyl halides is 1. The topological polar surface area (TPSA) is 35.5 Å². The van der Waals surface area contributed by atoms with Crippen LogP contribution in [0.2, 0.25) is 0 Å². The normalized spacial score (nSPS) is 19.5. The summed E-state index contributed by atoms with van der Waals surface area (Å²) in [5.41, 5.74) is 1.72. The van der Waals surface area contributed by atoms with Crippen LogP contribution in [0.4, 0.5) is 0 Å². The molecule has 1 aliphatic rings. The van der Waals surface area contributed by atoms with Crippen LogP contribution in [0.5, 0.6) is 11.5 Å². The number of Topliss-reactive ketones (excluding diaryl/α,β-unsaturated/α-hetero) is 1. The molecule has 0 amide bonds. The number of halogens is 1. The maximum Gasteiger partial charge on any atom is 0.177 e. The van der Waals surface area contributed by atoms with E-state index in [1.807, 2.05) is 6.07 Å². The van der Waals surface area contributed by atoms with Crippen molar-refractivity contribution in [1.82, 2.24) is 0 Å². The zero-order valence-electron chi connectivity index (χ0n) is 9.96. The first-order valence-corrected chi connectivity index (χ1v) is 6.52. The van der Waals surface area contributed by atoms with Crippen LogP contribution in [0, 0.1) is 0 Å². The minimum absolute atomic E-state index is 0.0967. The third-order valence-corrected chi connectivity index (χ3v) is 3.95. The molecular weight excluding hydrogens is 284 g/mol. The lowest BCUT2D eigenvalue weighted by molar-refractivity contribution is 0.0990. The minimum Gasteiger partial charge on any atom is -0.497 e. The first-order chi connectivity index (χ1) is 8.17. The van der Waals surface area contributed by atoms with Crippen LogP contribution in [-0.2, 0) is 6.42 Å². The molecule has 0 radical (unpaired) electrons. The van der Waals surface area contributed by atoms with Crippen molar-refractivity contribution in [3.63, 3.8) is 0 Å². The monoisotopic (exact) mass is 298 g/mol. The number of ether oxygens (including phenoxy) is 2. The second-order valence-corrected chi connectivity index (χ2v) is 5.19. The van der Waals surface area contributed by atoms with Gasteiger partial charge in [0, 0.05) is 17.2 Å². The summed E-state index contributed by atoms with van der Waals surface area (Å²) in [6.45, 7) is 0. The summed E-state index contributed by atoms with van der Waals surface area (Å²) in [5, 5.41) is 0. The zero-order chi connectivity index (χ0) is 12.4. The van der Waals surface area contributed by atoms with Crippen LogP contribution in [0.1, 0.15) is 28.8 Å². The fourth-order valence-corrected chi connectivity index (χ4v) is 2.73. The van der Waals surface area contributed by atoms with Gasteiger partial charge in [-0.1, -0.05) is 15.9 Å². The van der Waals surface area contributed by atoms with Crippen LogP contribution in [0.25, 0.3) is 0 Å². The SMILES string of the molecule is COc1cc(OC)c2c(c1)C(=O)C(Br)CCC2. The Morgan fingerprint density at radius 1 is 1.29 bits per heavy atom. The largest absolute Gasteiger partial charge is 0.497 e. The Bertz CT molecular complexity index is 443. The van der Waals surface area contributed by atoms with E-state index in [0.717, 1.165) is 36.1 Å². The first kappa shape index (κ1) is 12.4. The number of ketones is 1. The third kappa shape index (κ3) is 2.32. The van der Waals surface area contributed by atoms with Crippen molar-refractivity contribution in [1.29, 1.82) is 0 Å². The van der Waals surface area contributed by atoms with Crippen molar-refractivity contribution in [3.8, 4) is 11.5 Å². The molecule has 4 heteroatoms. The number of benzene rings is 1. The van der Waals surface area contributed by atoms with Crippen LogP contribution < -0.4 is 9.47 Å². The van der Waals surface area contributed by atoms with E-state index in [0.29, 0.717) is 5.75 Å². The zero-order valence-corrected chi connectivity index (χ0v) is 11.5. The Morgan fingerprint density at radius 3 is 2.71 bits per heavy atom. The molecule has 1 atom stereocenters. The van der Waals surface area contributed by atoms with E-state index < -0.39 is 0 Å². The molecule has 1 aliphatic carbocycles. The molecule has 0 saturated carbocycles. The standard InChI is InChI=1S/C13H15BrO3/c1-16-8-6-10-9(12(7-8)17-2)4-3-5-11(14)13(10)15/h6-7,11H,3-5H2,1-2H3. The van der Waals surface area contributed by atoms with E-state index in [1.165, 1.54) is 0 Å². The highest BCUT2D eigenvalue weighted by molar-refractivity contribution is 9.10. The number of hydrogen-bond donors (Lipinski definition) is 0. The molecule has 1 aromatic carbocycles. The van der Waals surface area contributed by atoms with Crippen molar-refractivity contribution in [2.45, 2.75) is 24.1 Å². The highest BCUT2D eigenvalue weighted by atomic mass is 79.9. The van der Waals surface area contributed by atoms with Gasteiger partial charge in [-0.3, -0.25) is 4.79 Å². The van der Waals surface area contributed by atoms with Crippen LogP contribution in [0.15, 0.2) is 12.1 Å². The van der Waals surface area contributed by atoms with Gasteiger partial charge in [-0.15, -0.1) is 0 Å². The number of methoxy groups -OCH3 is 2. The minimum atomic E-state index is -0.0967. The highest BCUT2D eigenvalue weighted by Gasteiger charge is 2.26. The van der Waals surface area contributed by atoms with Gasteiger partial charge in [0.25, 0.3) is 0 Å². The van der Waals surface area contributed by atoms with Crippen molar-refractivity contribution in [2.24, 2.45) is 0 Å². The molecule has 0 spiro atoms. The van der Waals surface area contributed by atoms with Gasteiger partial charge in [0.05, 0.1) is 19.0 Å². The van der Waals surface area contributed by atoms with E-state index >= 15 is 0 Å². The van der Waals surface area contributed by atoms with Crippen LogP contribution >= 0.6 is 15.9 Å². The van der Waals surface area contributed by atoms with Gasteiger partial charge in [-0.2, -0.15) is 0 Å². The quantitative estimate of drug-likeness (QED) is 0.622. The maximum absolute atomic E-state index is 12.2. The van der Waals surface area contributed by atoms with E-state index in [9.17, 15) is 4.79 Å². The summed E-state index contributed by atoms with van der Waals surface area (Å²) in [5.74, 6) is 1.53. The lowest BCUT2D eigenvalue weighted by Gasteiger charge is -2.13. The van der Waals surface area contributed by atoms with Crippen LogP contribution in [-0.4, -0.2) is 24.8 Å². The van der Waals surface area contributed by atoms with Gasteiger partial charge in [0.1, 0.15) is 11.5 Å². The van der Waals surface area contributed by atoms with Crippen molar-refractivity contribution < 1.29 is 14.3 Å². The Morgan fingerprint density at radius 2 is 2.06 bits per heavy atom. The van der Waals surface area contributed by atoms with Crippen LogP contribution in [0.3, 0.4) is 0 Å². The molecule has 3 nitrogen and oxygen atoms in total. The van der Waals surface area contributed by atoms with Gasteiger partial charge in [-0.25, -0.2) is 0 Å². The van der Waals surface area contributed by atoms with E-state index in [1.54, 1.807) is 20.3 Å². The predicted octanol–water partition coefficient (Wildman–Crippen LogP) is 2.99. The fraction of sp³-hybridized carbons (Fsp3) is 0.462. The molecule has 0 aromatic heterocycles. The summed E-state index contributed by atoms with van der Waals surface area (Å²) in [6.07, 6.45) is 2.71. The van der Waals surface area contributed by atoms with Gasteiger partial charge < -0.3 is 9.47 Å². The molecule has 0 bridgehead atoms. The maximum atomic E-state index is 12.2. The lowest BCUT2D eigenvalue weighted by atomic mass is 10.0. The van der Waals surface area contributed by atoms with E-state index in [2.05, 4.69) is 15.9 Å². The second-order valence-electron chi connectivity index (χ2n) is 4.08. The number of fused-ring (bicyclic) bond motifs is 1. The van der Waals surface area contributed by atoms with Gasteiger partial charge in [-0.05, 0) is 25.3 Å². The Kier molecular flexibility index (Phi) is 3.72. The molecule has 1 unspecified atom stereocenters. The Balaban J connectivity index is 2.57. The number of carbonyl (C=O) groups excluding carboxylic acids is 1. The highest BCUT2D eigenvalue weighted by Crippen LogP contribution is 2.34. The van der Waals surface area contributed by atoms with Crippen molar-refractivity contribution in [2.75, 3.05) is 14.2 Å². The van der Waals surface area contributed by atoms with Gasteiger partial charge in [0.15, 0.2) is 5.78 Å². The molecular formula is C13H15BrO3. The van der Waals surface area contributed by atoms with E-state index in [4.69, 9.17) is 9.47 Å². The molecule has 0 fully saturated rings. The molecule has 0 aliphatic heterocycles. The van der Waals surface area contributed by atoms with Gasteiger partial charge in [0.2, 0.25) is 0 Å². The summed E-state index contributed by atoms with van der Waals surface area (Å²) < 4.78 is 10.5. The average Bonchev–Trinajstić information content (AvgIpc) is 2.49. The van der Waals surface area contributed by atoms with Gasteiger partial charge >= 0.3 is 0 Å². The third-order valence-electron chi connectivity index (χ3n) is 3.07. The average molecular weight is 299 g/mol. The second kappa shape index (κ2) is 5.08. The first-order valence-electron chi connectivity index (χ1n) is 5.60.